The van der Waals surface area contributed by atoms with Crippen molar-refractivity contribution in [2.24, 2.45) is 17.3 Å². The van der Waals surface area contributed by atoms with Crippen LogP contribution < -0.4 is 0 Å². The van der Waals surface area contributed by atoms with E-state index in [2.05, 4.69) is 4.98 Å². The van der Waals surface area contributed by atoms with Crippen LogP contribution >= 0.6 is 0 Å². The van der Waals surface area contributed by atoms with E-state index >= 15 is 0 Å². The van der Waals surface area contributed by atoms with Crippen molar-refractivity contribution < 1.29 is 90.5 Å². The van der Waals surface area contributed by atoms with E-state index in [1.54, 1.807) is 0 Å². The summed E-state index contributed by atoms with van der Waals surface area (Å²) in [5, 5.41) is 13.6. The lowest BCUT2D eigenvalue weighted by Gasteiger charge is -2.67. The molecule has 2 aliphatic carbocycles. The molecular weight excluding hydrogens is 810 g/mol. The average Bonchev–Trinajstić information content (AvgIpc) is 3.79. The summed E-state index contributed by atoms with van der Waals surface area (Å²) in [6, 6.07) is 4.17. The van der Waals surface area contributed by atoms with Gasteiger partial charge in [-0.15, -0.1) is 0 Å². The topological polar surface area (TPSA) is 266 Å². The lowest BCUT2D eigenvalue weighted by Crippen LogP contribution is -2.89. The summed E-state index contributed by atoms with van der Waals surface area (Å²) >= 11 is 0. The molecule has 1 spiro atoms. The molecule has 3 fully saturated rings. The van der Waals surface area contributed by atoms with Crippen LogP contribution in [0.5, 0.6) is 0 Å². The normalized spacial score (nSPS) is 35.4. The summed E-state index contributed by atoms with van der Waals surface area (Å²) in [6.45, 7) is 7.05. The van der Waals surface area contributed by atoms with Crippen molar-refractivity contribution in [1.29, 1.82) is 0 Å². The zero-order chi connectivity index (χ0) is 44.8. The van der Waals surface area contributed by atoms with Crippen molar-refractivity contribution >= 4 is 47.8 Å². The second-order valence-corrected chi connectivity index (χ2v) is 16.1. The summed E-state index contributed by atoms with van der Waals surface area (Å²) in [4.78, 5) is 113. The number of furan rings is 1. The number of aliphatic hydroxyl groups is 1. The molecule has 0 amide bonds. The first kappa shape index (κ1) is 44.7. The maximum atomic E-state index is 14.3. The van der Waals surface area contributed by atoms with Gasteiger partial charge >= 0.3 is 47.8 Å². The number of cyclic esters (lactones) is 1. The van der Waals surface area contributed by atoms with Gasteiger partial charge in [-0.1, -0.05) is 6.92 Å². The number of esters is 8. The van der Waals surface area contributed by atoms with E-state index in [1.807, 2.05) is 0 Å². The summed E-state index contributed by atoms with van der Waals surface area (Å²) in [7, 11) is 0. The molecule has 20 heteroatoms. The van der Waals surface area contributed by atoms with Gasteiger partial charge in [0.2, 0.25) is 0 Å². The van der Waals surface area contributed by atoms with Gasteiger partial charge in [0, 0.05) is 40.8 Å². The van der Waals surface area contributed by atoms with E-state index in [9.17, 15) is 43.5 Å². The Morgan fingerprint density at radius 3 is 2.05 bits per heavy atom. The molecule has 1 N–H and O–H groups in total. The van der Waals surface area contributed by atoms with E-state index in [0.717, 1.165) is 54.1 Å². The van der Waals surface area contributed by atoms with Gasteiger partial charge in [-0.25, -0.2) is 9.59 Å². The lowest BCUT2D eigenvalue weighted by molar-refractivity contribution is -0.386. The number of pyridine rings is 1. The molecule has 4 bridgehead atoms. The van der Waals surface area contributed by atoms with Crippen molar-refractivity contribution in [3.8, 4) is 0 Å². The fraction of sp³-hybridized carbons (Fsp3) is 0.585. The number of hydrogen-bond acceptors (Lipinski definition) is 20. The molecule has 61 heavy (non-hydrogen) atoms. The first-order chi connectivity index (χ1) is 28.6. The lowest BCUT2D eigenvalue weighted by atomic mass is 9.45. The Balaban J connectivity index is 1.77. The van der Waals surface area contributed by atoms with Gasteiger partial charge in [0.25, 0.3) is 0 Å². The van der Waals surface area contributed by atoms with Crippen molar-refractivity contribution in [3.05, 3.63) is 53.7 Å². The van der Waals surface area contributed by atoms with Crippen molar-refractivity contribution in [2.45, 2.75) is 122 Å². The highest BCUT2D eigenvalue weighted by Crippen LogP contribution is 2.70. The molecule has 2 saturated carbocycles. The number of carbonyl (C=O) groups excluding carboxylic acids is 8. The third-order valence-corrected chi connectivity index (χ3v) is 11.8. The van der Waals surface area contributed by atoms with Crippen molar-refractivity contribution in [1.82, 2.24) is 4.98 Å². The van der Waals surface area contributed by atoms with Gasteiger partial charge in [0.05, 0.1) is 34.9 Å². The number of aryl methyl sites for hydroxylation is 1. The summed E-state index contributed by atoms with van der Waals surface area (Å²) < 4.78 is 60.1. The molecule has 0 aromatic carbocycles. The molecule has 7 unspecified atom stereocenters. The summed E-state index contributed by atoms with van der Waals surface area (Å²) in [5.41, 5.74) is -10.3. The quantitative estimate of drug-likeness (QED) is 0.293. The number of fused-ring (bicyclic) bond motifs is 5. The predicted octanol–water partition coefficient (Wildman–Crippen LogP) is 1.75. The monoisotopic (exact) mass is 857 g/mol. The first-order valence-electron chi connectivity index (χ1n) is 19.4. The van der Waals surface area contributed by atoms with E-state index in [-0.39, 0.29) is 29.7 Å². The van der Waals surface area contributed by atoms with Crippen LogP contribution in [0.2, 0.25) is 0 Å². The smallest absolute Gasteiger partial charge is 0.341 e. The SMILES string of the molecule is CC(=O)OCC12C(OC(C)=O)C(OC(C)=O)[C@@H]3C(OC(C)=O)[C@@]14O[C@@]3(C)COC(=O)c1cccnc1CCC(C)C(=O)O[C@@H](C(OC(=O)c1ccoc1)C2OC(C)=O)[C@]4(C)O. The number of carbonyl (C=O) groups is 8. The summed E-state index contributed by atoms with van der Waals surface area (Å²) in [6.07, 6.45) is -8.59. The third-order valence-electron chi connectivity index (χ3n) is 11.8. The maximum absolute atomic E-state index is 14.3. The molecule has 0 radical (unpaired) electrons. The first-order valence-corrected chi connectivity index (χ1v) is 19.4. The Morgan fingerprint density at radius 1 is 0.836 bits per heavy atom. The number of ether oxygens (including phenoxy) is 9. The Hall–Kier alpha value is -5.89. The molecule has 330 valence electrons. The van der Waals surface area contributed by atoms with Gasteiger partial charge in [-0.05, 0) is 44.9 Å². The van der Waals surface area contributed by atoms with Gasteiger partial charge in [-0.2, -0.15) is 0 Å². The molecule has 2 aliphatic heterocycles. The van der Waals surface area contributed by atoms with Gasteiger partial charge in [0.15, 0.2) is 30.0 Å². The fourth-order valence-electron chi connectivity index (χ4n) is 9.54. The summed E-state index contributed by atoms with van der Waals surface area (Å²) in [5.74, 6) is -10.8. The van der Waals surface area contributed by atoms with Gasteiger partial charge in [0.1, 0.15) is 48.3 Å². The molecule has 12 atom stereocenters. The highest BCUT2D eigenvalue weighted by atomic mass is 16.7. The van der Waals surface area contributed by atoms with Crippen LogP contribution in [-0.2, 0) is 77.8 Å². The maximum Gasteiger partial charge on any atom is 0.341 e. The number of aromatic nitrogens is 1. The Morgan fingerprint density at radius 2 is 1.46 bits per heavy atom. The van der Waals surface area contributed by atoms with Crippen LogP contribution in [-0.4, -0.2) is 124 Å². The van der Waals surface area contributed by atoms with Crippen LogP contribution in [0.15, 0.2) is 41.3 Å². The van der Waals surface area contributed by atoms with Crippen LogP contribution in [0.3, 0.4) is 0 Å². The van der Waals surface area contributed by atoms with Crippen LogP contribution in [0.4, 0.5) is 0 Å². The molecular formula is C41H47NO19. The molecule has 2 aromatic heterocycles. The minimum absolute atomic E-state index is 0.0163. The number of rotatable bonds is 8. The van der Waals surface area contributed by atoms with E-state index in [4.69, 9.17) is 47.0 Å². The highest BCUT2D eigenvalue weighted by Gasteiger charge is 2.92. The van der Waals surface area contributed by atoms with Gasteiger partial charge in [-0.3, -0.25) is 33.8 Å². The van der Waals surface area contributed by atoms with Crippen LogP contribution in [0.25, 0.3) is 0 Å². The van der Waals surface area contributed by atoms with Crippen molar-refractivity contribution in [3.63, 3.8) is 0 Å². The van der Waals surface area contributed by atoms with Gasteiger partial charge < -0.3 is 52.2 Å². The Labute approximate surface area is 348 Å². The molecule has 4 heterocycles. The molecule has 2 aromatic rings. The zero-order valence-electron chi connectivity index (χ0n) is 34.7. The average molecular weight is 858 g/mol. The standard InChI is InChI=1S/C41H47NO19/c1-19-11-12-27-26(10-9-14-42-27)37(50)54-17-38(7)28-29(55-21(3)44)33(57-23(5)46)40(18-53-20(2)43)34(58-24(6)47)30(59-36(49)25-13-15-52-16-25)32(60-35(19)48)39(8,51)41(40,61-38)31(28)56-22(4)45/h9-10,13-16,19,28-34,51H,11-12,17-18H2,1-8H3/t19?,28-,29?,30?,31?,32+,33?,34?,38+,39+,40?,41+/m1/s1. The minimum Gasteiger partial charge on any atom is -0.472 e. The molecule has 20 nitrogen and oxygen atoms in total. The van der Waals surface area contributed by atoms with E-state index < -0.39 is 132 Å². The van der Waals surface area contributed by atoms with Crippen molar-refractivity contribution in [2.75, 3.05) is 13.2 Å². The third kappa shape index (κ3) is 7.59. The second kappa shape index (κ2) is 16.5. The van der Waals surface area contributed by atoms with E-state index in [0.29, 0.717) is 0 Å². The minimum atomic E-state index is -2.87. The molecule has 1 saturated heterocycles. The Bertz CT molecular complexity index is 2100. The van der Waals surface area contributed by atoms with Crippen LogP contribution in [0.1, 0.15) is 88.2 Å². The molecule has 6 rings (SSSR count). The fourth-order valence-corrected chi connectivity index (χ4v) is 9.54. The largest absolute Gasteiger partial charge is 0.472 e. The zero-order valence-corrected chi connectivity index (χ0v) is 34.7. The second-order valence-electron chi connectivity index (χ2n) is 16.1. The number of hydrogen-bond donors (Lipinski definition) is 1. The Kier molecular flexibility index (Phi) is 12.1. The van der Waals surface area contributed by atoms with Crippen LogP contribution in [0, 0.1) is 17.3 Å². The predicted molar refractivity (Wildman–Crippen MR) is 197 cm³/mol. The highest BCUT2D eigenvalue weighted by molar-refractivity contribution is 5.91. The number of nitrogens with zero attached hydrogens (tertiary/aromatic N) is 1. The molecule has 4 aliphatic rings. The van der Waals surface area contributed by atoms with E-state index in [1.165, 1.54) is 38.2 Å².